The molecule has 1 saturated carbocycles. The molecule has 0 aromatic heterocycles. The van der Waals surface area contributed by atoms with Crippen molar-refractivity contribution in [3.05, 3.63) is 35.9 Å². The fraction of sp³-hybridized carbons (Fsp3) is 0.647. The van der Waals surface area contributed by atoms with E-state index in [2.05, 4.69) is 58.1 Å². The van der Waals surface area contributed by atoms with Crippen molar-refractivity contribution < 1.29 is 0 Å². The van der Waals surface area contributed by atoms with Gasteiger partial charge in [0.05, 0.1) is 0 Å². The first-order valence-electron chi connectivity index (χ1n) is 7.70. The van der Waals surface area contributed by atoms with Crippen LogP contribution in [0.1, 0.15) is 50.5 Å². The van der Waals surface area contributed by atoms with Crippen LogP contribution in [0.5, 0.6) is 0 Å². The predicted octanol–water partition coefficient (Wildman–Crippen LogP) is 4.82. The Morgan fingerprint density at radius 3 is 2.42 bits per heavy atom. The maximum atomic E-state index is 3.71. The number of likely N-dealkylation sites (N-methyl/N-ethyl adjacent to an activating group) is 1. The van der Waals surface area contributed by atoms with E-state index in [-0.39, 0.29) is 0 Å². The molecule has 1 aliphatic carbocycles. The topological polar surface area (TPSA) is 3.24 Å². The van der Waals surface area contributed by atoms with E-state index in [0.29, 0.717) is 5.92 Å². The van der Waals surface area contributed by atoms with E-state index in [1.165, 1.54) is 50.8 Å². The first-order chi connectivity index (χ1) is 9.35. The fourth-order valence-electron chi connectivity index (χ4n) is 3.23. The highest BCUT2D eigenvalue weighted by molar-refractivity contribution is 9.09. The van der Waals surface area contributed by atoms with Gasteiger partial charge >= 0.3 is 0 Å². The SMILES string of the molecule is CCN(CC(CBr)c1ccccc1)C1CCCCC1. The summed E-state index contributed by atoms with van der Waals surface area (Å²) in [5, 5.41) is 1.06. The van der Waals surface area contributed by atoms with E-state index >= 15 is 0 Å². The Bertz CT molecular complexity index is 346. The third kappa shape index (κ3) is 4.32. The molecule has 2 heteroatoms. The van der Waals surface area contributed by atoms with Crippen LogP contribution >= 0.6 is 15.9 Å². The van der Waals surface area contributed by atoms with E-state index in [1.54, 1.807) is 0 Å². The number of benzene rings is 1. The van der Waals surface area contributed by atoms with Gasteiger partial charge in [0.15, 0.2) is 0 Å². The summed E-state index contributed by atoms with van der Waals surface area (Å²) < 4.78 is 0. The van der Waals surface area contributed by atoms with Crippen LogP contribution < -0.4 is 0 Å². The number of hydrogen-bond donors (Lipinski definition) is 0. The summed E-state index contributed by atoms with van der Waals surface area (Å²) in [6, 6.07) is 11.8. The van der Waals surface area contributed by atoms with Gasteiger partial charge < -0.3 is 4.90 Å². The number of nitrogens with zero attached hydrogens (tertiary/aromatic N) is 1. The smallest absolute Gasteiger partial charge is 0.0112 e. The molecule has 0 N–H and O–H groups in total. The predicted molar refractivity (Wildman–Crippen MR) is 87.1 cm³/mol. The molecule has 0 saturated heterocycles. The number of alkyl halides is 1. The largest absolute Gasteiger partial charge is 0.300 e. The Morgan fingerprint density at radius 2 is 1.84 bits per heavy atom. The van der Waals surface area contributed by atoms with Crippen LogP contribution in [0.15, 0.2) is 30.3 Å². The van der Waals surface area contributed by atoms with Crippen molar-refractivity contribution >= 4 is 15.9 Å². The van der Waals surface area contributed by atoms with Gasteiger partial charge in [0.25, 0.3) is 0 Å². The number of halogens is 1. The van der Waals surface area contributed by atoms with Gasteiger partial charge in [-0.2, -0.15) is 0 Å². The molecule has 0 amide bonds. The summed E-state index contributed by atoms with van der Waals surface area (Å²) in [7, 11) is 0. The molecule has 1 aliphatic rings. The van der Waals surface area contributed by atoms with Gasteiger partial charge in [-0.25, -0.2) is 0 Å². The van der Waals surface area contributed by atoms with Gasteiger partial charge in [0.1, 0.15) is 0 Å². The standard InChI is InChI=1S/C17H26BrN/c1-2-19(17-11-7-4-8-12-17)14-16(13-18)15-9-5-3-6-10-15/h3,5-6,9-10,16-17H,2,4,7-8,11-14H2,1H3. The van der Waals surface area contributed by atoms with Gasteiger partial charge in [-0.05, 0) is 24.9 Å². The highest BCUT2D eigenvalue weighted by Gasteiger charge is 2.22. The van der Waals surface area contributed by atoms with Crippen molar-refractivity contribution in [3.63, 3.8) is 0 Å². The minimum atomic E-state index is 0.614. The van der Waals surface area contributed by atoms with Crippen molar-refractivity contribution in [1.82, 2.24) is 4.90 Å². The zero-order valence-corrected chi connectivity index (χ0v) is 13.6. The summed E-state index contributed by atoms with van der Waals surface area (Å²) in [4.78, 5) is 2.71. The Labute approximate surface area is 126 Å². The van der Waals surface area contributed by atoms with Crippen molar-refractivity contribution in [2.45, 2.75) is 51.0 Å². The summed E-state index contributed by atoms with van der Waals surface area (Å²) in [5.74, 6) is 0.614. The molecule has 1 fully saturated rings. The van der Waals surface area contributed by atoms with E-state index in [1.807, 2.05) is 0 Å². The zero-order valence-electron chi connectivity index (χ0n) is 12.0. The van der Waals surface area contributed by atoms with Crippen LogP contribution in [0.3, 0.4) is 0 Å². The van der Waals surface area contributed by atoms with Crippen molar-refractivity contribution in [2.75, 3.05) is 18.4 Å². The molecule has 2 rings (SSSR count). The van der Waals surface area contributed by atoms with E-state index in [4.69, 9.17) is 0 Å². The van der Waals surface area contributed by atoms with Gasteiger partial charge in [-0.3, -0.25) is 0 Å². The maximum absolute atomic E-state index is 3.71. The van der Waals surface area contributed by atoms with Crippen LogP contribution in [-0.4, -0.2) is 29.4 Å². The summed E-state index contributed by atoms with van der Waals surface area (Å²) >= 11 is 3.71. The molecule has 0 heterocycles. The van der Waals surface area contributed by atoms with Crippen molar-refractivity contribution in [1.29, 1.82) is 0 Å². The minimum Gasteiger partial charge on any atom is -0.300 e. The van der Waals surface area contributed by atoms with E-state index in [9.17, 15) is 0 Å². The first kappa shape index (κ1) is 15.1. The Balaban J connectivity index is 1.99. The Morgan fingerprint density at radius 1 is 1.16 bits per heavy atom. The molecule has 0 spiro atoms. The molecule has 1 unspecified atom stereocenters. The summed E-state index contributed by atoms with van der Waals surface area (Å²) in [6.45, 7) is 4.68. The van der Waals surface area contributed by atoms with E-state index < -0.39 is 0 Å². The molecular formula is C17H26BrN. The van der Waals surface area contributed by atoms with Gasteiger partial charge in [-0.1, -0.05) is 72.4 Å². The van der Waals surface area contributed by atoms with Crippen LogP contribution in [0.2, 0.25) is 0 Å². The lowest BCUT2D eigenvalue weighted by molar-refractivity contribution is 0.157. The normalized spacial score (nSPS) is 18.7. The molecule has 0 bridgehead atoms. The fourth-order valence-corrected chi connectivity index (χ4v) is 3.81. The average molecular weight is 324 g/mol. The van der Waals surface area contributed by atoms with Crippen LogP contribution in [0.4, 0.5) is 0 Å². The molecule has 1 aromatic carbocycles. The lowest BCUT2D eigenvalue weighted by atomic mass is 9.92. The lowest BCUT2D eigenvalue weighted by Gasteiger charge is -2.35. The number of hydrogen-bond acceptors (Lipinski definition) is 1. The summed E-state index contributed by atoms with van der Waals surface area (Å²) in [5.41, 5.74) is 1.47. The molecular weight excluding hydrogens is 298 g/mol. The molecule has 0 radical (unpaired) electrons. The highest BCUT2D eigenvalue weighted by atomic mass is 79.9. The van der Waals surface area contributed by atoms with Gasteiger partial charge in [0.2, 0.25) is 0 Å². The molecule has 1 aromatic rings. The monoisotopic (exact) mass is 323 g/mol. The lowest BCUT2D eigenvalue weighted by Crippen LogP contribution is -2.39. The molecule has 19 heavy (non-hydrogen) atoms. The van der Waals surface area contributed by atoms with Crippen molar-refractivity contribution in [2.24, 2.45) is 0 Å². The average Bonchev–Trinajstić information content (AvgIpc) is 2.50. The highest BCUT2D eigenvalue weighted by Crippen LogP contribution is 2.26. The zero-order chi connectivity index (χ0) is 13.5. The Hall–Kier alpha value is -0.340. The van der Waals surface area contributed by atoms with Crippen LogP contribution in [0, 0.1) is 0 Å². The third-order valence-electron chi connectivity index (χ3n) is 4.41. The van der Waals surface area contributed by atoms with Crippen molar-refractivity contribution in [3.8, 4) is 0 Å². The number of rotatable bonds is 6. The second-order valence-electron chi connectivity index (χ2n) is 5.64. The summed E-state index contributed by atoms with van der Waals surface area (Å²) in [6.07, 6.45) is 7.08. The van der Waals surface area contributed by atoms with E-state index in [0.717, 1.165) is 11.4 Å². The minimum absolute atomic E-state index is 0.614. The molecule has 1 atom stereocenters. The van der Waals surface area contributed by atoms with Gasteiger partial charge in [-0.15, -0.1) is 0 Å². The van der Waals surface area contributed by atoms with Gasteiger partial charge in [0, 0.05) is 23.8 Å². The molecule has 106 valence electrons. The van der Waals surface area contributed by atoms with Crippen LogP contribution in [0.25, 0.3) is 0 Å². The molecule has 0 aliphatic heterocycles. The van der Waals surface area contributed by atoms with Crippen LogP contribution in [-0.2, 0) is 0 Å². The quantitative estimate of drug-likeness (QED) is 0.678. The third-order valence-corrected chi connectivity index (χ3v) is 5.19. The Kier molecular flexibility index (Phi) is 6.39. The molecule has 1 nitrogen and oxygen atoms in total. The first-order valence-corrected chi connectivity index (χ1v) is 8.82. The second-order valence-corrected chi connectivity index (χ2v) is 6.29. The second kappa shape index (κ2) is 8.06. The maximum Gasteiger partial charge on any atom is 0.0112 e.